The van der Waals surface area contributed by atoms with Gasteiger partial charge in [-0.05, 0) is 47.2 Å². The molecular formula is C13H17IN2O3. The van der Waals surface area contributed by atoms with Crippen molar-refractivity contribution in [3.63, 3.8) is 0 Å². The number of amides is 2. The van der Waals surface area contributed by atoms with Crippen LogP contribution in [0.5, 0.6) is 0 Å². The van der Waals surface area contributed by atoms with Gasteiger partial charge in [0.1, 0.15) is 12.6 Å². The summed E-state index contributed by atoms with van der Waals surface area (Å²) < 4.78 is 6.05. The molecule has 0 unspecified atom stereocenters. The fraction of sp³-hybridized carbons (Fsp3) is 0.385. The first-order valence-electron chi connectivity index (χ1n) is 5.93. The molecule has 3 N–H and O–H groups in total. The normalized spacial score (nSPS) is 11.9. The smallest absolute Gasteiger partial charge is 0.246 e. The van der Waals surface area contributed by atoms with Crippen LogP contribution in [0.25, 0.3) is 0 Å². The summed E-state index contributed by atoms with van der Waals surface area (Å²) in [5, 5.41) is 2.58. The van der Waals surface area contributed by atoms with Crippen molar-refractivity contribution in [2.24, 2.45) is 5.73 Å². The molecule has 5 nitrogen and oxygen atoms in total. The lowest BCUT2D eigenvalue weighted by Gasteiger charge is -2.15. The van der Waals surface area contributed by atoms with Gasteiger partial charge in [0.25, 0.3) is 0 Å². The highest BCUT2D eigenvalue weighted by Crippen LogP contribution is 2.09. The molecule has 0 bridgehead atoms. The van der Waals surface area contributed by atoms with Gasteiger partial charge in [0.2, 0.25) is 11.8 Å². The van der Waals surface area contributed by atoms with Crippen molar-refractivity contribution >= 4 is 34.4 Å². The summed E-state index contributed by atoms with van der Waals surface area (Å²) in [6.45, 7) is 2.18. The highest BCUT2D eigenvalue weighted by Gasteiger charge is 2.18. The number of ether oxygens (including phenoxy) is 1. The molecule has 0 saturated heterocycles. The Kier molecular flexibility index (Phi) is 6.79. The van der Waals surface area contributed by atoms with Crippen LogP contribution in [0.2, 0.25) is 0 Å². The number of hydrogen-bond donors (Lipinski definition) is 2. The molecule has 0 radical (unpaired) electrons. The Morgan fingerprint density at radius 2 is 2.21 bits per heavy atom. The number of carbonyl (C=O) groups excluding carboxylic acids is 2. The molecule has 0 aromatic heterocycles. The summed E-state index contributed by atoms with van der Waals surface area (Å²) in [6, 6.07) is 6.98. The zero-order valence-electron chi connectivity index (χ0n) is 10.7. The van der Waals surface area contributed by atoms with Gasteiger partial charge < -0.3 is 15.8 Å². The first kappa shape index (κ1) is 15.9. The Labute approximate surface area is 126 Å². The topological polar surface area (TPSA) is 81.4 Å². The zero-order chi connectivity index (χ0) is 14.3. The average Bonchev–Trinajstić information content (AvgIpc) is 2.35. The maximum atomic E-state index is 11.5. The third-order valence-corrected chi connectivity index (χ3v) is 3.12. The summed E-state index contributed by atoms with van der Waals surface area (Å²) in [7, 11) is 0. The van der Waals surface area contributed by atoms with Crippen molar-refractivity contribution in [2.45, 2.75) is 19.4 Å². The van der Waals surface area contributed by atoms with Gasteiger partial charge >= 0.3 is 0 Å². The monoisotopic (exact) mass is 376 g/mol. The van der Waals surface area contributed by atoms with E-state index >= 15 is 0 Å². The van der Waals surface area contributed by atoms with Gasteiger partial charge in [0, 0.05) is 16.6 Å². The number of nitrogens with one attached hydrogen (secondary N) is 1. The second-order valence-corrected chi connectivity index (χ2v) is 5.24. The van der Waals surface area contributed by atoms with Crippen LogP contribution in [-0.4, -0.2) is 31.1 Å². The third-order valence-electron chi connectivity index (χ3n) is 2.44. The number of primary amides is 1. The molecule has 1 aromatic rings. The van der Waals surface area contributed by atoms with E-state index in [0.29, 0.717) is 13.0 Å². The second-order valence-electron chi connectivity index (χ2n) is 3.99. The third kappa shape index (κ3) is 6.02. The number of rotatable bonds is 7. The van der Waals surface area contributed by atoms with Gasteiger partial charge in [-0.2, -0.15) is 0 Å². The molecule has 0 aliphatic carbocycles. The minimum absolute atomic E-state index is 0.0629. The standard InChI is InChI=1S/C13H17IN2O3/c1-2-19-8-12(17)16-11(13(15)18)7-9-4-3-5-10(14)6-9/h3-6,11H,2,7-8H2,1H3,(H2,15,18)(H,16,17)/t11-/m0/s1. The molecule has 0 saturated carbocycles. The van der Waals surface area contributed by atoms with Crippen LogP contribution in [0.1, 0.15) is 12.5 Å². The predicted octanol–water partition coefficient (Wildman–Crippen LogP) is 0.840. The lowest BCUT2D eigenvalue weighted by molar-refractivity contribution is -0.130. The first-order valence-corrected chi connectivity index (χ1v) is 7.01. The van der Waals surface area contributed by atoms with Gasteiger partial charge in [0.15, 0.2) is 0 Å². The number of carbonyl (C=O) groups is 2. The van der Waals surface area contributed by atoms with E-state index in [0.717, 1.165) is 9.13 Å². The van der Waals surface area contributed by atoms with Crippen LogP contribution < -0.4 is 11.1 Å². The largest absolute Gasteiger partial charge is 0.372 e. The molecule has 0 spiro atoms. The van der Waals surface area contributed by atoms with E-state index in [1.165, 1.54) is 0 Å². The van der Waals surface area contributed by atoms with Crippen molar-refractivity contribution in [1.82, 2.24) is 5.32 Å². The first-order chi connectivity index (χ1) is 9.02. The predicted molar refractivity (Wildman–Crippen MR) is 80.5 cm³/mol. The maximum Gasteiger partial charge on any atom is 0.246 e. The van der Waals surface area contributed by atoms with Crippen molar-refractivity contribution in [3.05, 3.63) is 33.4 Å². The Morgan fingerprint density at radius 3 is 2.79 bits per heavy atom. The summed E-state index contributed by atoms with van der Waals surface area (Å²) in [5.41, 5.74) is 6.25. The van der Waals surface area contributed by atoms with Crippen LogP contribution in [-0.2, 0) is 20.7 Å². The van der Waals surface area contributed by atoms with Crippen LogP contribution >= 0.6 is 22.6 Å². The van der Waals surface area contributed by atoms with Crippen LogP contribution in [0.4, 0.5) is 0 Å². The molecule has 0 heterocycles. The SMILES string of the molecule is CCOCC(=O)N[C@@H](Cc1cccc(I)c1)C(N)=O. The van der Waals surface area contributed by atoms with Crippen LogP contribution in [0, 0.1) is 3.57 Å². The highest BCUT2D eigenvalue weighted by molar-refractivity contribution is 14.1. The van der Waals surface area contributed by atoms with Gasteiger partial charge in [-0.1, -0.05) is 12.1 Å². The van der Waals surface area contributed by atoms with Gasteiger partial charge in [-0.3, -0.25) is 9.59 Å². The summed E-state index contributed by atoms with van der Waals surface area (Å²) in [4.78, 5) is 22.9. The fourth-order valence-corrected chi connectivity index (χ4v) is 2.16. The molecule has 1 rings (SSSR count). The van der Waals surface area contributed by atoms with E-state index in [2.05, 4.69) is 27.9 Å². The van der Waals surface area contributed by atoms with E-state index in [1.54, 1.807) is 6.92 Å². The molecule has 6 heteroatoms. The molecule has 104 valence electrons. The molecule has 19 heavy (non-hydrogen) atoms. The Hall–Kier alpha value is -1.15. The van der Waals surface area contributed by atoms with Crippen molar-refractivity contribution in [1.29, 1.82) is 0 Å². The van der Waals surface area contributed by atoms with Crippen molar-refractivity contribution in [3.8, 4) is 0 Å². The lowest BCUT2D eigenvalue weighted by atomic mass is 10.1. The Balaban J connectivity index is 2.63. The van der Waals surface area contributed by atoms with Gasteiger partial charge in [-0.15, -0.1) is 0 Å². The summed E-state index contributed by atoms with van der Waals surface area (Å²) in [5.74, 6) is -0.889. The second kappa shape index (κ2) is 8.11. The number of halogens is 1. The van der Waals surface area contributed by atoms with Crippen LogP contribution in [0.15, 0.2) is 24.3 Å². The van der Waals surface area contributed by atoms with E-state index in [9.17, 15) is 9.59 Å². The molecule has 0 aliphatic rings. The average molecular weight is 376 g/mol. The molecular weight excluding hydrogens is 359 g/mol. The van der Waals surface area contributed by atoms with Crippen LogP contribution in [0.3, 0.4) is 0 Å². The van der Waals surface area contributed by atoms with Crippen molar-refractivity contribution < 1.29 is 14.3 Å². The van der Waals surface area contributed by atoms with Gasteiger partial charge in [0.05, 0.1) is 0 Å². The molecule has 0 aliphatic heterocycles. The van der Waals surface area contributed by atoms with E-state index in [4.69, 9.17) is 10.5 Å². The van der Waals surface area contributed by atoms with Crippen molar-refractivity contribution in [2.75, 3.05) is 13.2 Å². The molecule has 2 amide bonds. The number of hydrogen-bond acceptors (Lipinski definition) is 3. The Morgan fingerprint density at radius 1 is 1.47 bits per heavy atom. The minimum Gasteiger partial charge on any atom is -0.372 e. The maximum absolute atomic E-state index is 11.5. The quantitative estimate of drug-likeness (QED) is 0.692. The lowest BCUT2D eigenvalue weighted by Crippen LogP contribution is -2.47. The zero-order valence-corrected chi connectivity index (χ0v) is 12.8. The number of benzene rings is 1. The molecule has 1 aromatic carbocycles. The highest BCUT2D eigenvalue weighted by atomic mass is 127. The minimum atomic E-state index is -0.717. The summed E-state index contributed by atoms with van der Waals surface area (Å²) in [6.07, 6.45) is 0.379. The van der Waals surface area contributed by atoms with E-state index in [1.807, 2.05) is 24.3 Å². The van der Waals surface area contributed by atoms with Gasteiger partial charge in [-0.25, -0.2) is 0 Å². The molecule has 1 atom stereocenters. The molecule has 0 fully saturated rings. The van der Waals surface area contributed by atoms with E-state index < -0.39 is 11.9 Å². The number of nitrogens with two attached hydrogens (primary N) is 1. The fourth-order valence-electron chi connectivity index (χ4n) is 1.55. The summed E-state index contributed by atoms with van der Waals surface area (Å²) >= 11 is 2.19. The van der Waals surface area contributed by atoms with E-state index in [-0.39, 0.29) is 12.5 Å². The Bertz CT molecular complexity index is 451.